The third kappa shape index (κ3) is 4.28. The quantitative estimate of drug-likeness (QED) is 0.792. The molecule has 1 saturated carbocycles. The summed E-state index contributed by atoms with van der Waals surface area (Å²) in [5.41, 5.74) is 0.634. The molecule has 3 rings (SSSR count). The van der Waals surface area contributed by atoms with Crippen LogP contribution in [0.2, 0.25) is 0 Å². The van der Waals surface area contributed by atoms with Crippen LogP contribution in [0.5, 0.6) is 5.75 Å². The number of methoxy groups -OCH3 is 1. The minimum absolute atomic E-state index is 0.0357. The molecule has 7 nitrogen and oxygen atoms in total. The van der Waals surface area contributed by atoms with Gasteiger partial charge in [0.1, 0.15) is 5.75 Å². The van der Waals surface area contributed by atoms with E-state index in [4.69, 9.17) is 4.74 Å². The second-order valence-electron chi connectivity index (χ2n) is 6.28. The monoisotopic (exact) mass is 388 g/mol. The lowest BCUT2D eigenvalue weighted by Crippen LogP contribution is -2.31. The van der Waals surface area contributed by atoms with E-state index in [2.05, 4.69) is 5.32 Å². The van der Waals surface area contributed by atoms with Gasteiger partial charge in [-0.2, -0.15) is 0 Å². The lowest BCUT2D eigenvalue weighted by atomic mass is 9.85. The highest BCUT2D eigenvalue weighted by Crippen LogP contribution is 2.27. The third-order valence-electron chi connectivity index (χ3n) is 4.49. The van der Waals surface area contributed by atoms with Gasteiger partial charge in [0.25, 0.3) is 15.9 Å². The van der Waals surface area contributed by atoms with Crippen LogP contribution in [0, 0.1) is 5.92 Å². The first kappa shape index (κ1) is 18.9. The minimum atomic E-state index is -4.06. The molecule has 1 aliphatic rings. The lowest BCUT2D eigenvalue weighted by molar-refractivity contribution is -0.122. The Morgan fingerprint density at radius 1 is 1.04 bits per heavy atom. The van der Waals surface area contributed by atoms with Crippen LogP contribution in [0.25, 0.3) is 0 Å². The highest BCUT2D eigenvalue weighted by atomic mass is 32.2. The number of nitrogens with one attached hydrogen (secondary N) is 2. The van der Waals surface area contributed by atoms with Gasteiger partial charge in [-0.3, -0.25) is 9.59 Å². The molecule has 0 bridgehead atoms. The summed E-state index contributed by atoms with van der Waals surface area (Å²) in [7, 11) is -2.66. The first-order chi connectivity index (χ1) is 12.9. The molecular weight excluding hydrogens is 368 g/mol. The summed E-state index contributed by atoms with van der Waals surface area (Å²) in [4.78, 5) is 24.2. The van der Waals surface area contributed by atoms with Gasteiger partial charge in [-0.05, 0) is 49.2 Å². The maximum atomic E-state index is 12.5. The van der Waals surface area contributed by atoms with Crippen LogP contribution in [0.1, 0.15) is 29.6 Å². The standard InChI is InChI=1S/C19H20N2O5S/c1-26-17-8-3-2-7-16(17)19(23)21-27(24,25)15-11-9-14(10-12-15)20-18(22)13-5-4-6-13/h2-3,7-13H,4-6H2,1H3,(H,20,22)(H,21,23). The Bertz CT molecular complexity index is 950. The third-order valence-corrected chi connectivity index (χ3v) is 5.83. The number of rotatable bonds is 6. The molecule has 0 heterocycles. The first-order valence-electron chi connectivity index (χ1n) is 8.52. The molecule has 0 atom stereocenters. The van der Waals surface area contributed by atoms with Crippen molar-refractivity contribution in [3.05, 3.63) is 54.1 Å². The summed E-state index contributed by atoms with van der Waals surface area (Å²) in [6.45, 7) is 0. The molecule has 2 N–H and O–H groups in total. The Labute approximate surface area is 157 Å². The molecule has 0 saturated heterocycles. The van der Waals surface area contributed by atoms with Crippen molar-refractivity contribution in [2.75, 3.05) is 12.4 Å². The number of sulfonamides is 1. The van der Waals surface area contributed by atoms with Crippen molar-refractivity contribution in [2.24, 2.45) is 5.92 Å². The summed E-state index contributed by atoms with van der Waals surface area (Å²) >= 11 is 0. The second-order valence-corrected chi connectivity index (χ2v) is 7.96. The second kappa shape index (κ2) is 7.79. The summed E-state index contributed by atoms with van der Waals surface area (Å²) in [6.07, 6.45) is 2.82. The van der Waals surface area contributed by atoms with Gasteiger partial charge in [-0.25, -0.2) is 13.1 Å². The molecule has 1 fully saturated rings. The fourth-order valence-electron chi connectivity index (χ4n) is 2.70. The van der Waals surface area contributed by atoms with Crippen LogP contribution in [-0.4, -0.2) is 27.3 Å². The Morgan fingerprint density at radius 2 is 1.70 bits per heavy atom. The number of hydrogen-bond acceptors (Lipinski definition) is 5. The van der Waals surface area contributed by atoms with Crippen LogP contribution in [0.4, 0.5) is 5.69 Å². The Kier molecular flexibility index (Phi) is 5.46. The van der Waals surface area contributed by atoms with E-state index in [0.29, 0.717) is 5.69 Å². The molecule has 0 unspecified atom stereocenters. The Hall–Kier alpha value is -2.87. The maximum Gasteiger partial charge on any atom is 0.268 e. The number of para-hydroxylation sites is 1. The van der Waals surface area contributed by atoms with E-state index in [0.717, 1.165) is 19.3 Å². The molecule has 27 heavy (non-hydrogen) atoms. The van der Waals surface area contributed by atoms with Crippen molar-refractivity contribution in [3.63, 3.8) is 0 Å². The molecule has 8 heteroatoms. The van der Waals surface area contributed by atoms with Crippen molar-refractivity contribution in [2.45, 2.75) is 24.2 Å². The Balaban J connectivity index is 1.70. The summed E-state index contributed by atoms with van der Waals surface area (Å²) in [5.74, 6) is -0.524. The summed E-state index contributed by atoms with van der Waals surface area (Å²) in [6, 6.07) is 12.0. The van der Waals surface area contributed by atoms with E-state index in [1.165, 1.54) is 37.4 Å². The van der Waals surface area contributed by atoms with Gasteiger partial charge < -0.3 is 10.1 Å². The van der Waals surface area contributed by atoms with Crippen LogP contribution in [0.3, 0.4) is 0 Å². The molecule has 1 aliphatic carbocycles. The molecule has 2 amide bonds. The van der Waals surface area contributed by atoms with E-state index in [-0.39, 0.29) is 28.0 Å². The molecule has 142 valence electrons. The fraction of sp³-hybridized carbons (Fsp3) is 0.263. The average molecular weight is 388 g/mol. The molecule has 0 aromatic heterocycles. The fourth-order valence-corrected chi connectivity index (χ4v) is 3.67. The van der Waals surface area contributed by atoms with Gasteiger partial charge >= 0.3 is 0 Å². The molecular formula is C19H20N2O5S. The zero-order valence-electron chi connectivity index (χ0n) is 14.8. The normalized spacial score (nSPS) is 14.1. The van der Waals surface area contributed by atoms with E-state index in [1.807, 2.05) is 4.72 Å². The number of hydrogen-bond donors (Lipinski definition) is 2. The summed E-state index contributed by atoms with van der Waals surface area (Å²) < 4.78 is 32.0. The number of benzene rings is 2. The number of anilines is 1. The molecule has 2 aromatic carbocycles. The number of carbonyl (C=O) groups is 2. The van der Waals surface area contributed by atoms with Crippen molar-refractivity contribution in [1.29, 1.82) is 0 Å². The lowest BCUT2D eigenvalue weighted by Gasteiger charge is -2.24. The van der Waals surface area contributed by atoms with E-state index < -0.39 is 15.9 Å². The van der Waals surface area contributed by atoms with E-state index >= 15 is 0 Å². The smallest absolute Gasteiger partial charge is 0.268 e. The Morgan fingerprint density at radius 3 is 2.30 bits per heavy atom. The van der Waals surface area contributed by atoms with Gasteiger partial charge in [0.05, 0.1) is 17.6 Å². The largest absolute Gasteiger partial charge is 0.496 e. The molecule has 0 radical (unpaired) electrons. The summed E-state index contributed by atoms with van der Waals surface area (Å²) in [5, 5.41) is 2.77. The predicted molar refractivity (Wildman–Crippen MR) is 100 cm³/mol. The zero-order chi connectivity index (χ0) is 19.4. The predicted octanol–water partition coefficient (Wildman–Crippen LogP) is 2.55. The van der Waals surface area contributed by atoms with Crippen LogP contribution >= 0.6 is 0 Å². The van der Waals surface area contributed by atoms with Crippen LogP contribution < -0.4 is 14.8 Å². The van der Waals surface area contributed by atoms with Gasteiger partial charge in [0, 0.05) is 11.6 Å². The van der Waals surface area contributed by atoms with Gasteiger partial charge in [0.15, 0.2) is 0 Å². The van der Waals surface area contributed by atoms with Gasteiger partial charge in [-0.15, -0.1) is 0 Å². The van der Waals surface area contributed by atoms with Crippen molar-refractivity contribution in [1.82, 2.24) is 4.72 Å². The zero-order valence-corrected chi connectivity index (χ0v) is 15.6. The van der Waals surface area contributed by atoms with Crippen molar-refractivity contribution >= 4 is 27.5 Å². The van der Waals surface area contributed by atoms with Gasteiger partial charge in [-0.1, -0.05) is 18.6 Å². The first-order valence-corrected chi connectivity index (χ1v) is 10.00. The molecule has 0 spiro atoms. The number of ether oxygens (including phenoxy) is 1. The van der Waals surface area contributed by atoms with E-state index in [1.54, 1.807) is 18.2 Å². The molecule has 2 aromatic rings. The van der Waals surface area contributed by atoms with Crippen LogP contribution in [0.15, 0.2) is 53.4 Å². The number of amides is 2. The van der Waals surface area contributed by atoms with E-state index in [9.17, 15) is 18.0 Å². The molecule has 0 aliphatic heterocycles. The number of carbonyl (C=O) groups excluding carboxylic acids is 2. The van der Waals surface area contributed by atoms with Crippen molar-refractivity contribution in [3.8, 4) is 5.75 Å². The van der Waals surface area contributed by atoms with Crippen LogP contribution in [-0.2, 0) is 14.8 Å². The minimum Gasteiger partial charge on any atom is -0.496 e. The van der Waals surface area contributed by atoms with Crippen molar-refractivity contribution < 1.29 is 22.7 Å². The SMILES string of the molecule is COc1ccccc1C(=O)NS(=O)(=O)c1ccc(NC(=O)C2CCC2)cc1. The highest BCUT2D eigenvalue weighted by molar-refractivity contribution is 7.90. The maximum absolute atomic E-state index is 12.5. The topological polar surface area (TPSA) is 102 Å². The van der Waals surface area contributed by atoms with Gasteiger partial charge in [0.2, 0.25) is 5.91 Å². The highest BCUT2D eigenvalue weighted by Gasteiger charge is 2.25. The average Bonchev–Trinajstić information content (AvgIpc) is 2.60.